The van der Waals surface area contributed by atoms with Crippen molar-refractivity contribution >= 4 is 29.5 Å². The summed E-state index contributed by atoms with van der Waals surface area (Å²) in [5, 5.41) is 2.50. The highest BCUT2D eigenvalue weighted by atomic mass is 35.5. The number of ether oxygens (including phenoxy) is 1. The van der Waals surface area contributed by atoms with Gasteiger partial charge < -0.3 is 10.1 Å². The zero-order valence-electron chi connectivity index (χ0n) is 12.7. The van der Waals surface area contributed by atoms with E-state index in [0.29, 0.717) is 17.0 Å². The Morgan fingerprint density at radius 3 is 2.48 bits per heavy atom. The first kappa shape index (κ1) is 17.0. The maximum absolute atomic E-state index is 13.1. The molecule has 2 aromatic carbocycles. The van der Waals surface area contributed by atoms with Crippen molar-refractivity contribution in [1.29, 1.82) is 0 Å². The molecular formula is C17H15ClFNO3. The van der Waals surface area contributed by atoms with Crippen LogP contribution in [-0.2, 0) is 4.79 Å². The quantitative estimate of drug-likeness (QED) is 0.842. The fourth-order valence-electron chi connectivity index (χ4n) is 2.19. The van der Waals surface area contributed by atoms with Gasteiger partial charge in [0.25, 0.3) is 5.91 Å². The molecule has 6 heteroatoms. The van der Waals surface area contributed by atoms with Gasteiger partial charge in [-0.1, -0.05) is 11.6 Å². The molecule has 0 saturated heterocycles. The van der Waals surface area contributed by atoms with Crippen molar-refractivity contribution in [2.45, 2.75) is 13.8 Å². The topological polar surface area (TPSA) is 55.4 Å². The summed E-state index contributed by atoms with van der Waals surface area (Å²) in [6.07, 6.45) is 0.759. The smallest absolute Gasteiger partial charge is 0.262 e. The van der Waals surface area contributed by atoms with Crippen LogP contribution in [0.1, 0.15) is 21.5 Å². The second kappa shape index (κ2) is 7.24. The number of anilines is 1. The lowest BCUT2D eigenvalue weighted by molar-refractivity contribution is -0.118. The van der Waals surface area contributed by atoms with E-state index < -0.39 is 11.7 Å². The van der Waals surface area contributed by atoms with Gasteiger partial charge in [0.05, 0.1) is 5.02 Å². The summed E-state index contributed by atoms with van der Waals surface area (Å²) in [5.74, 6) is -0.392. The molecule has 1 amide bonds. The van der Waals surface area contributed by atoms with Gasteiger partial charge in [-0.2, -0.15) is 0 Å². The SMILES string of the molecule is Cc1cc(C=O)cc(C)c1OCC(=O)Nc1ccc(F)c(Cl)c1. The molecule has 1 N–H and O–H groups in total. The van der Waals surface area contributed by atoms with Gasteiger partial charge in [0.15, 0.2) is 6.61 Å². The maximum atomic E-state index is 13.1. The Labute approximate surface area is 138 Å². The zero-order valence-corrected chi connectivity index (χ0v) is 13.4. The lowest BCUT2D eigenvalue weighted by atomic mass is 10.1. The monoisotopic (exact) mass is 335 g/mol. The van der Waals surface area contributed by atoms with Gasteiger partial charge >= 0.3 is 0 Å². The normalized spacial score (nSPS) is 10.3. The first-order valence-corrected chi connectivity index (χ1v) is 7.22. The van der Waals surface area contributed by atoms with Gasteiger partial charge in [-0.25, -0.2) is 4.39 Å². The highest BCUT2D eigenvalue weighted by Gasteiger charge is 2.10. The molecule has 120 valence electrons. The fourth-order valence-corrected chi connectivity index (χ4v) is 2.37. The summed E-state index contributed by atoms with van der Waals surface area (Å²) >= 11 is 5.65. The summed E-state index contributed by atoms with van der Waals surface area (Å²) in [7, 11) is 0. The minimum atomic E-state index is -0.553. The zero-order chi connectivity index (χ0) is 17.0. The summed E-state index contributed by atoms with van der Waals surface area (Å²) < 4.78 is 18.6. The largest absolute Gasteiger partial charge is 0.483 e. The van der Waals surface area contributed by atoms with Crippen LogP contribution in [0.25, 0.3) is 0 Å². The van der Waals surface area contributed by atoms with E-state index in [2.05, 4.69) is 5.32 Å². The first-order chi connectivity index (χ1) is 10.9. The number of hydrogen-bond acceptors (Lipinski definition) is 3. The van der Waals surface area contributed by atoms with Crippen molar-refractivity contribution in [3.63, 3.8) is 0 Å². The number of halogens is 2. The Bertz CT molecular complexity index is 738. The van der Waals surface area contributed by atoms with Crippen LogP contribution in [-0.4, -0.2) is 18.8 Å². The van der Waals surface area contributed by atoms with Crippen LogP contribution in [0.4, 0.5) is 10.1 Å². The Balaban J connectivity index is 2.02. The van der Waals surface area contributed by atoms with E-state index in [1.54, 1.807) is 26.0 Å². The van der Waals surface area contributed by atoms with Crippen LogP contribution < -0.4 is 10.1 Å². The van der Waals surface area contributed by atoms with Crippen molar-refractivity contribution in [2.24, 2.45) is 0 Å². The average Bonchev–Trinajstić information content (AvgIpc) is 2.50. The standard InChI is InChI=1S/C17H15ClFNO3/c1-10-5-12(8-21)6-11(2)17(10)23-9-16(22)20-13-3-4-15(19)14(18)7-13/h3-8H,9H2,1-2H3,(H,20,22). The molecule has 0 aliphatic rings. The van der Waals surface area contributed by atoms with Gasteiger partial charge in [-0.3, -0.25) is 9.59 Å². The number of rotatable bonds is 5. The minimum Gasteiger partial charge on any atom is -0.483 e. The third-order valence-electron chi connectivity index (χ3n) is 3.17. The molecule has 0 aromatic heterocycles. The Hall–Kier alpha value is -2.40. The van der Waals surface area contributed by atoms with Crippen LogP contribution in [0.3, 0.4) is 0 Å². The molecule has 0 saturated carbocycles. The number of carbonyl (C=O) groups is 2. The number of benzene rings is 2. The number of carbonyl (C=O) groups excluding carboxylic acids is 2. The van der Waals surface area contributed by atoms with Crippen LogP contribution in [0.5, 0.6) is 5.75 Å². The fraction of sp³-hybridized carbons (Fsp3) is 0.176. The molecule has 0 unspecified atom stereocenters. The van der Waals surface area contributed by atoms with Crippen LogP contribution >= 0.6 is 11.6 Å². The van der Waals surface area contributed by atoms with Crippen LogP contribution in [0.2, 0.25) is 5.02 Å². The Kier molecular flexibility index (Phi) is 5.34. The minimum absolute atomic E-state index is 0.0696. The summed E-state index contributed by atoms with van der Waals surface area (Å²) in [6.45, 7) is 3.39. The van der Waals surface area contributed by atoms with Crippen molar-refractivity contribution in [2.75, 3.05) is 11.9 Å². The van der Waals surface area contributed by atoms with Gasteiger partial charge in [-0.15, -0.1) is 0 Å². The molecule has 0 spiro atoms. The molecule has 0 heterocycles. The third kappa shape index (κ3) is 4.29. The lowest BCUT2D eigenvalue weighted by Crippen LogP contribution is -2.20. The number of hydrogen-bond donors (Lipinski definition) is 1. The number of amides is 1. The number of nitrogens with one attached hydrogen (secondary N) is 1. The highest BCUT2D eigenvalue weighted by molar-refractivity contribution is 6.31. The molecular weight excluding hydrogens is 321 g/mol. The van der Waals surface area contributed by atoms with Crippen molar-refractivity contribution < 1.29 is 18.7 Å². The summed E-state index contributed by atoms with van der Waals surface area (Å²) in [6, 6.07) is 7.28. The molecule has 2 rings (SSSR count). The van der Waals surface area contributed by atoms with E-state index in [-0.39, 0.29) is 11.6 Å². The summed E-state index contributed by atoms with van der Waals surface area (Å²) in [4.78, 5) is 22.7. The van der Waals surface area contributed by atoms with Crippen molar-refractivity contribution in [1.82, 2.24) is 0 Å². The van der Waals surface area contributed by atoms with E-state index in [1.165, 1.54) is 18.2 Å². The first-order valence-electron chi connectivity index (χ1n) is 6.85. The van der Waals surface area contributed by atoms with E-state index in [9.17, 15) is 14.0 Å². The molecule has 0 radical (unpaired) electrons. The van der Waals surface area contributed by atoms with E-state index in [1.807, 2.05) is 0 Å². The van der Waals surface area contributed by atoms with Gasteiger partial charge in [-0.05, 0) is 55.3 Å². The maximum Gasteiger partial charge on any atom is 0.262 e. The lowest BCUT2D eigenvalue weighted by Gasteiger charge is -2.13. The molecule has 0 aliphatic carbocycles. The van der Waals surface area contributed by atoms with Gasteiger partial charge in [0.2, 0.25) is 0 Å². The van der Waals surface area contributed by atoms with E-state index in [4.69, 9.17) is 16.3 Å². The second-order valence-corrected chi connectivity index (χ2v) is 5.47. The van der Waals surface area contributed by atoms with Crippen molar-refractivity contribution in [3.05, 3.63) is 57.9 Å². The molecule has 0 aliphatic heterocycles. The van der Waals surface area contributed by atoms with Crippen molar-refractivity contribution in [3.8, 4) is 5.75 Å². The summed E-state index contributed by atoms with van der Waals surface area (Å²) in [5.41, 5.74) is 2.47. The molecule has 4 nitrogen and oxygen atoms in total. The molecule has 0 bridgehead atoms. The van der Waals surface area contributed by atoms with Crippen LogP contribution in [0.15, 0.2) is 30.3 Å². The number of aryl methyl sites for hydroxylation is 2. The van der Waals surface area contributed by atoms with E-state index in [0.717, 1.165) is 17.4 Å². The third-order valence-corrected chi connectivity index (χ3v) is 3.46. The van der Waals surface area contributed by atoms with Crippen LogP contribution in [0, 0.1) is 19.7 Å². The van der Waals surface area contributed by atoms with E-state index >= 15 is 0 Å². The predicted octanol–water partition coefficient (Wildman–Crippen LogP) is 3.93. The highest BCUT2D eigenvalue weighted by Crippen LogP contribution is 2.24. The Morgan fingerprint density at radius 1 is 1.26 bits per heavy atom. The molecule has 0 fully saturated rings. The number of aldehydes is 1. The molecule has 2 aromatic rings. The predicted molar refractivity (Wildman–Crippen MR) is 86.8 cm³/mol. The molecule has 23 heavy (non-hydrogen) atoms. The van der Waals surface area contributed by atoms with Gasteiger partial charge in [0.1, 0.15) is 17.9 Å². The molecule has 0 atom stereocenters. The average molecular weight is 336 g/mol. The Morgan fingerprint density at radius 2 is 1.91 bits per heavy atom. The van der Waals surface area contributed by atoms with Gasteiger partial charge in [0, 0.05) is 11.3 Å². The second-order valence-electron chi connectivity index (χ2n) is 5.07.